The Balaban J connectivity index is 2.52. The van der Waals surface area contributed by atoms with E-state index in [4.69, 9.17) is 10.4 Å². The largest absolute Gasteiger partial charge is 0.481 e. The van der Waals surface area contributed by atoms with Crippen LogP contribution in [0.25, 0.3) is 0 Å². The summed E-state index contributed by atoms with van der Waals surface area (Å²) in [5.41, 5.74) is 0. The van der Waals surface area contributed by atoms with Gasteiger partial charge in [-0.15, -0.1) is 0 Å². The van der Waals surface area contributed by atoms with Crippen molar-refractivity contribution in [2.24, 2.45) is 5.92 Å². The lowest BCUT2D eigenvalue weighted by atomic mass is 9.94. The Morgan fingerprint density at radius 2 is 2.38 bits per heavy atom. The van der Waals surface area contributed by atoms with Gasteiger partial charge in [-0.2, -0.15) is 5.26 Å². The van der Waals surface area contributed by atoms with E-state index in [-0.39, 0.29) is 12.0 Å². The smallest absolute Gasteiger partial charge is 0.307 e. The molecule has 2 unspecified atom stereocenters. The van der Waals surface area contributed by atoms with E-state index in [1.165, 1.54) is 0 Å². The van der Waals surface area contributed by atoms with Gasteiger partial charge in [-0.25, -0.2) is 0 Å². The first-order valence-electron chi connectivity index (χ1n) is 5.72. The van der Waals surface area contributed by atoms with E-state index in [0.29, 0.717) is 19.5 Å². The van der Waals surface area contributed by atoms with Crippen molar-refractivity contribution in [3.05, 3.63) is 0 Å². The summed E-state index contributed by atoms with van der Waals surface area (Å²) in [6, 6.07) is 2.28. The molecule has 0 radical (unpaired) electrons. The number of rotatable bonds is 5. The van der Waals surface area contributed by atoms with E-state index in [1.807, 2.05) is 4.90 Å². The molecule has 0 amide bonds. The molecule has 1 aliphatic heterocycles. The van der Waals surface area contributed by atoms with Crippen molar-refractivity contribution in [2.45, 2.75) is 25.8 Å². The van der Waals surface area contributed by atoms with Gasteiger partial charge < -0.3 is 10.4 Å². The van der Waals surface area contributed by atoms with E-state index in [9.17, 15) is 4.79 Å². The highest BCUT2D eigenvalue weighted by Crippen LogP contribution is 2.17. The lowest BCUT2D eigenvalue weighted by Gasteiger charge is -2.35. The monoisotopic (exact) mass is 225 g/mol. The first kappa shape index (κ1) is 12.9. The molecule has 2 atom stereocenters. The zero-order chi connectivity index (χ0) is 12.0. The molecule has 0 aliphatic carbocycles. The molecule has 0 bridgehead atoms. The number of hydrogen-bond donors (Lipinski definition) is 2. The highest BCUT2D eigenvalue weighted by Gasteiger charge is 2.30. The van der Waals surface area contributed by atoms with Crippen LogP contribution in [0.3, 0.4) is 0 Å². The minimum Gasteiger partial charge on any atom is -0.481 e. The highest BCUT2D eigenvalue weighted by atomic mass is 16.4. The van der Waals surface area contributed by atoms with Crippen molar-refractivity contribution in [2.75, 3.05) is 26.2 Å². The SMILES string of the molecule is CCCNC1CC(C(=O)O)CN(CC#N)C1. The summed E-state index contributed by atoms with van der Waals surface area (Å²) in [7, 11) is 0. The van der Waals surface area contributed by atoms with E-state index >= 15 is 0 Å². The maximum atomic E-state index is 11.0. The number of carbonyl (C=O) groups is 1. The number of hydrogen-bond acceptors (Lipinski definition) is 4. The van der Waals surface area contributed by atoms with Gasteiger partial charge in [0.05, 0.1) is 18.5 Å². The second kappa shape index (κ2) is 6.46. The van der Waals surface area contributed by atoms with Crippen molar-refractivity contribution >= 4 is 5.97 Å². The quantitative estimate of drug-likeness (QED) is 0.657. The van der Waals surface area contributed by atoms with Gasteiger partial charge in [-0.1, -0.05) is 6.92 Å². The van der Waals surface area contributed by atoms with E-state index in [2.05, 4.69) is 18.3 Å². The fraction of sp³-hybridized carbons (Fsp3) is 0.818. The lowest BCUT2D eigenvalue weighted by Crippen LogP contribution is -2.51. The Bertz CT molecular complexity index is 275. The molecule has 0 aromatic heterocycles. The lowest BCUT2D eigenvalue weighted by molar-refractivity contribution is -0.143. The minimum atomic E-state index is -0.758. The van der Waals surface area contributed by atoms with Crippen LogP contribution in [0.15, 0.2) is 0 Å². The summed E-state index contributed by atoms with van der Waals surface area (Å²) in [6.07, 6.45) is 1.70. The number of piperidine rings is 1. The molecule has 0 aromatic rings. The fourth-order valence-electron chi connectivity index (χ4n) is 2.09. The zero-order valence-electron chi connectivity index (χ0n) is 9.65. The average Bonchev–Trinajstić information content (AvgIpc) is 2.26. The predicted molar refractivity (Wildman–Crippen MR) is 59.9 cm³/mol. The van der Waals surface area contributed by atoms with Crippen LogP contribution in [-0.2, 0) is 4.79 Å². The molecule has 0 saturated carbocycles. The molecule has 0 spiro atoms. The Labute approximate surface area is 96.0 Å². The number of carboxylic acid groups (broad SMARTS) is 1. The first-order chi connectivity index (χ1) is 7.67. The van der Waals surface area contributed by atoms with Gasteiger partial charge in [0.1, 0.15) is 0 Å². The van der Waals surface area contributed by atoms with Gasteiger partial charge in [0, 0.05) is 19.1 Å². The second-order valence-electron chi connectivity index (χ2n) is 4.27. The predicted octanol–water partition coefficient (Wildman–Crippen LogP) is 0.285. The standard InChI is InChI=1S/C11H19N3O2/c1-2-4-13-10-6-9(11(15)16)7-14(8-10)5-3-12/h9-10,13H,2,4-8H2,1H3,(H,15,16). The first-order valence-corrected chi connectivity index (χ1v) is 5.72. The molecule has 5 nitrogen and oxygen atoms in total. The molecular formula is C11H19N3O2. The number of aliphatic carboxylic acids is 1. The van der Waals surface area contributed by atoms with Crippen LogP contribution in [0.1, 0.15) is 19.8 Å². The van der Waals surface area contributed by atoms with E-state index in [1.54, 1.807) is 0 Å². The number of nitrogens with one attached hydrogen (secondary N) is 1. The van der Waals surface area contributed by atoms with Crippen molar-refractivity contribution in [3.63, 3.8) is 0 Å². The Morgan fingerprint density at radius 3 is 2.94 bits per heavy atom. The van der Waals surface area contributed by atoms with Crippen LogP contribution in [0, 0.1) is 17.2 Å². The summed E-state index contributed by atoms with van der Waals surface area (Å²) in [5.74, 6) is -1.11. The summed E-state index contributed by atoms with van der Waals surface area (Å²) >= 11 is 0. The van der Waals surface area contributed by atoms with Crippen molar-refractivity contribution in [1.82, 2.24) is 10.2 Å². The van der Waals surface area contributed by atoms with Crippen LogP contribution in [0.2, 0.25) is 0 Å². The molecule has 1 heterocycles. The molecule has 1 saturated heterocycles. The van der Waals surface area contributed by atoms with Gasteiger partial charge >= 0.3 is 5.97 Å². The topological polar surface area (TPSA) is 76.4 Å². The van der Waals surface area contributed by atoms with Crippen molar-refractivity contribution < 1.29 is 9.90 Å². The van der Waals surface area contributed by atoms with E-state index < -0.39 is 5.97 Å². The summed E-state index contributed by atoms with van der Waals surface area (Å²) in [5, 5.41) is 21.0. The summed E-state index contributed by atoms with van der Waals surface area (Å²) < 4.78 is 0. The van der Waals surface area contributed by atoms with Gasteiger partial charge in [0.25, 0.3) is 0 Å². The van der Waals surface area contributed by atoms with Crippen LogP contribution < -0.4 is 5.32 Å². The summed E-state index contributed by atoms with van der Waals surface area (Å²) in [6.45, 7) is 4.56. The third-order valence-corrected chi connectivity index (χ3v) is 2.85. The third kappa shape index (κ3) is 3.80. The van der Waals surface area contributed by atoms with Gasteiger partial charge in [0.15, 0.2) is 0 Å². The molecule has 2 N–H and O–H groups in total. The molecule has 5 heteroatoms. The van der Waals surface area contributed by atoms with Crippen LogP contribution in [0.4, 0.5) is 0 Å². The number of nitriles is 1. The van der Waals surface area contributed by atoms with Crippen molar-refractivity contribution in [1.29, 1.82) is 5.26 Å². The van der Waals surface area contributed by atoms with Gasteiger partial charge in [-0.3, -0.25) is 9.69 Å². The van der Waals surface area contributed by atoms with Gasteiger partial charge in [0.2, 0.25) is 0 Å². The Hall–Kier alpha value is -1.12. The molecule has 0 aromatic carbocycles. The van der Waals surface area contributed by atoms with Crippen LogP contribution >= 0.6 is 0 Å². The normalized spacial score (nSPS) is 26.2. The fourth-order valence-corrected chi connectivity index (χ4v) is 2.09. The minimum absolute atomic E-state index is 0.197. The van der Waals surface area contributed by atoms with Crippen LogP contribution in [0.5, 0.6) is 0 Å². The number of nitrogens with zero attached hydrogens (tertiary/aromatic N) is 2. The molecule has 90 valence electrons. The van der Waals surface area contributed by atoms with Crippen molar-refractivity contribution in [3.8, 4) is 6.07 Å². The van der Waals surface area contributed by atoms with Crippen LogP contribution in [-0.4, -0.2) is 48.2 Å². The number of likely N-dealkylation sites (tertiary alicyclic amines) is 1. The zero-order valence-corrected chi connectivity index (χ0v) is 9.65. The Morgan fingerprint density at radius 1 is 1.62 bits per heavy atom. The molecule has 16 heavy (non-hydrogen) atoms. The molecule has 1 fully saturated rings. The average molecular weight is 225 g/mol. The summed E-state index contributed by atoms with van der Waals surface area (Å²) in [4.78, 5) is 12.9. The maximum absolute atomic E-state index is 11.0. The second-order valence-corrected chi connectivity index (χ2v) is 4.27. The molecular weight excluding hydrogens is 206 g/mol. The third-order valence-electron chi connectivity index (χ3n) is 2.85. The number of carboxylic acids is 1. The maximum Gasteiger partial charge on any atom is 0.307 e. The van der Waals surface area contributed by atoms with Gasteiger partial charge in [-0.05, 0) is 19.4 Å². The Kier molecular flexibility index (Phi) is 5.23. The molecule has 1 aliphatic rings. The molecule has 1 rings (SSSR count). The van der Waals surface area contributed by atoms with E-state index in [0.717, 1.165) is 19.5 Å². The highest BCUT2D eigenvalue weighted by molar-refractivity contribution is 5.70.